The molecule has 0 aromatic carbocycles. The third-order valence-corrected chi connectivity index (χ3v) is 5.65. The van der Waals surface area contributed by atoms with Gasteiger partial charge < -0.3 is 19.7 Å². The van der Waals surface area contributed by atoms with Gasteiger partial charge in [-0.3, -0.25) is 4.79 Å². The van der Waals surface area contributed by atoms with Crippen molar-refractivity contribution in [3.63, 3.8) is 0 Å². The molecular formula is C17H20ClFN2O4. The summed E-state index contributed by atoms with van der Waals surface area (Å²) in [4.78, 5) is 25.4. The lowest BCUT2D eigenvalue weighted by molar-refractivity contribution is -0.148. The molecular weight excluding hydrogens is 351 g/mol. The minimum absolute atomic E-state index is 0.0382. The molecule has 136 valence electrons. The van der Waals surface area contributed by atoms with E-state index in [1.54, 1.807) is 6.08 Å². The van der Waals surface area contributed by atoms with E-state index in [-0.39, 0.29) is 29.7 Å². The summed E-state index contributed by atoms with van der Waals surface area (Å²) in [6.07, 6.45) is 3.03. The van der Waals surface area contributed by atoms with Crippen molar-refractivity contribution >= 4 is 23.6 Å². The Morgan fingerprint density at radius 3 is 2.88 bits per heavy atom. The Labute approximate surface area is 150 Å². The minimum atomic E-state index is -1.04. The standard InChI is InChI=1S/C17H20ClFN2O4/c18-13-3-12(19)1-2-14(13)24-8-10-6-21(7-10)15(22)11-4-17(5-11)9-25-16(23)20-17/h1-2,10-12H,3-9H2,(H,20,23). The van der Waals surface area contributed by atoms with E-state index in [9.17, 15) is 14.0 Å². The van der Waals surface area contributed by atoms with Crippen LogP contribution in [0.2, 0.25) is 0 Å². The fourth-order valence-corrected chi connectivity index (χ4v) is 4.10. The fraction of sp³-hybridized carbons (Fsp3) is 0.647. The van der Waals surface area contributed by atoms with Crippen molar-refractivity contribution in [3.05, 3.63) is 22.9 Å². The predicted octanol–water partition coefficient (Wildman–Crippen LogP) is 2.10. The molecule has 8 heteroatoms. The molecule has 3 fully saturated rings. The smallest absolute Gasteiger partial charge is 0.407 e. The van der Waals surface area contributed by atoms with Crippen LogP contribution in [0.4, 0.5) is 9.18 Å². The maximum absolute atomic E-state index is 13.1. The topological polar surface area (TPSA) is 67.9 Å². The van der Waals surface area contributed by atoms with Gasteiger partial charge in [0.2, 0.25) is 5.91 Å². The van der Waals surface area contributed by atoms with Gasteiger partial charge in [0.1, 0.15) is 18.5 Å². The largest absolute Gasteiger partial charge is 0.492 e. The summed E-state index contributed by atoms with van der Waals surface area (Å²) in [6, 6.07) is 0. The van der Waals surface area contributed by atoms with Crippen LogP contribution in [0.3, 0.4) is 0 Å². The monoisotopic (exact) mass is 370 g/mol. The summed E-state index contributed by atoms with van der Waals surface area (Å²) in [5, 5.41) is 3.20. The second-order valence-electron chi connectivity index (χ2n) is 7.36. The van der Waals surface area contributed by atoms with Crippen LogP contribution in [0.25, 0.3) is 0 Å². The number of rotatable bonds is 4. The van der Waals surface area contributed by atoms with Gasteiger partial charge >= 0.3 is 6.09 Å². The number of cyclic esters (lactones) is 1. The quantitative estimate of drug-likeness (QED) is 0.823. The van der Waals surface area contributed by atoms with Crippen molar-refractivity contribution < 1.29 is 23.5 Å². The summed E-state index contributed by atoms with van der Waals surface area (Å²) in [7, 11) is 0. The SMILES string of the molecule is O=C1NC2(CO1)CC(C(=O)N1CC(COC3=C(Cl)CC(F)C=C3)C1)C2. The van der Waals surface area contributed by atoms with Crippen LogP contribution in [0, 0.1) is 11.8 Å². The Hall–Kier alpha value is -1.76. The van der Waals surface area contributed by atoms with Gasteiger partial charge in [-0.1, -0.05) is 11.6 Å². The molecule has 25 heavy (non-hydrogen) atoms. The van der Waals surface area contributed by atoms with E-state index < -0.39 is 12.3 Å². The molecule has 4 rings (SSSR count). The van der Waals surface area contributed by atoms with E-state index in [1.807, 2.05) is 4.90 Å². The van der Waals surface area contributed by atoms with Crippen LogP contribution in [0.15, 0.2) is 22.9 Å². The van der Waals surface area contributed by atoms with E-state index in [1.165, 1.54) is 6.08 Å². The van der Waals surface area contributed by atoms with Crippen molar-refractivity contribution in [2.75, 3.05) is 26.3 Å². The Morgan fingerprint density at radius 2 is 2.24 bits per heavy atom. The van der Waals surface area contributed by atoms with E-state index >= 15 is 0 Å². The van der Waals surface area contributed by atoms with Gasteiger partial charge in [0.25, 0.3) is 0 Å². The lowest BCUT2D eigenvalue weighted by atomic mass is 9.68. The van der Waals surface area contributed by atoms with Crippen molar-refractivity contribution in [2.24, 2.45) is 11.8 Å². The molecule has 1 spiro atoms. The maximum atomic E-state index is 13.1. The van der Waals surface area contributed by atoms with Crippen molar-refractivity contribution in [1.29, 1.82) is 0 Å². The highest BCUT2D eigenvalue weighted by molar-refractivity contribution is 6.30. The first-order chi connectivity index (χ1) is 11.9. The maximum Gasteiger partial charge on any atom is 0.407 e. The third kappa shape index (κ3) is 3.21. The third-order valence-electron chi connectivity index (χ3n) is 5.31. The number of carbonyl (C=O) groups excluding carboxylic acids is 2. The Kier molecular flexibility index (Phi) is 4.14. The molecule has 0 radical (unpaired) electrons. The first-order valence-corrected chi connectivity index (χ1v) is 8.89. The summed E-state index contributed by atoms with van der Waals surface area (Å²) >= 11 is 6.00. The first kappa shape index (κ1) is 16.7. The molecule has 0 bridgehead atoms. The molecule has 1 N–H and O–H groups in total. The van der Waals surface area contributed by atoms with Gasteiger partial charge in [-0.05, 0) is 25.0 Å². The Bertz CT molecular complexity index is 653. The summed E-state index contributed by atoms with van der Waals surface area (Å²) in [5.74, 6) is 0.890. The Morgan fingerprint density at radius 1 is 1.48 bits per heavy atom. The highest BCUT2D eigenvalue weighted by Gasteiger charge is 2.54. The van der Waals surface area contributed by atoms with E-state index in [2.05, 4.69) is 5.32 Å². The Balaban J connectivity index is 1.18. The lowest BCUT2D eigenvalue weighted by Gasteiger charge is -2.47. The normalized spacial score (nSPS) is 34.5. The van der Waals surface area contributed by atoms with Gasteiger partial charge in [-0.15, -0.1) is 0 Å². The molecule has 2 saturated heterocycles. The second kappa shape index (κ2) is 6.20. The highest BCUT2D eigenvalue weighted by atomic mass is 35.5. The van der Waals surface area contributed by atoms with Crippen LogP contribution in [-0.2, 0) is 14.3 Å². The molecule has 0 aromatic heterocycles. The molecule has 0 aromatic rings. The summed E-state index contributed by atoms with van der Waals surface area (Å²) in [5.41, 5.74) is -0.324. The van der Waals surface area contributed by atoms with Crippen molar-refractivity contribution in [1.82, 2.24) is 10.2 Å². The number of likely N-dealkylation sites (tertiary alicyclic amines) is 1. The van der Waals surface area contributed by atoms with E-state index in [0.717, 1.165) is 0 Å². The van der Waals surface area contributed by atoms with Gasteiger partial charge in [0, 0.05) is 31.3 Å². The van der Waals surface area contributed by atoms with Crippen molar-refractivity contribution in [2.45, 2.75) is 31.0 Å². The van der Waals surface area contributed by atoms with Crippen molar-refractivity contribution in [3.8, 4) is 0 Å². The average molecular weight is 371 g/mol. The molecule has 4 aliphatic rings. The number of nitrogens with zero attached hydrogens (tertiary/aromatic N) is 1. The number of hydrogen-bond donors (Lipinski definition) is 1. The number of hydrogen-bond acceptors (Lipinski definition) is 4. The molecule has 2 amide bonds. The lowest BCUT2D eigenvalue weighted by Crippen LogP contribution is -2.61. The molecule has 1 saturated carbocycles. The summed E-state index contributed by atoms with van der Waals surface area (Å²) < 4.78 is 23.7. The van der Waals surface area contributed by atoms with Crippen LogP contribution >= 0.6 is 11.6 Å². The zero-order valence-corrected chi connectivity index (χ0v) is 14.4. The molecule has 2 heterocycles. The fourth-order valence-electron chi connectivity index (χ4n) is 3.84. The van der Waals surface area contributed by atoms with Crippen LogP contribution < -0.4 is 5.32 Å². The molecule has 1 atom stereocenters. The van der Waals surface area contributed by atoms with Gasteiger partial charge in [-0.2, -0.15) is 0 Å². The predicted molar refractivity (Wildman–Crippen MR) is 87.5 cm³/mol. The van der Waals surface area contributed by atoms with Crippen LogP contribution in [0.5, 0.6) is 0 Å². The number of amides is 2. The first-order valence-electron chi connectivity index (χ1n) is 8.51. The molecule has 2 aliphatic carbocycles. The number of ether oxygens (including phenoxy) is 2. The highest BCUT2D eigenvalue weighted by Crippen LogP contribution is 2.42. The van der Waals surface area contributed by atoms with Crippen LogP contribution in [0.1, 0.15) is 19.3 Å². The van der Waals surface area contributed by atoms with E-state index in [4.69, 9.17) is 21.1 Å². The number of halogens is 2. The zero-order chi connectivity index (χ0) is 17.6. The van der Waals surface area contributed by atoms with E-state index in [0.29, 0.717) is 49.9 Å². The number of carbonyl (C=O) groups is 2. The molecule has 6 nitrogen and oxygen atoms in total. The zero-order valence-electron chi connectivity index (χ0n) is 13.7. The number of alkyl carbamates (subject to hydrolysis) is 1. The number of allylic oxidation sites excluding steroid dienone is 3. The van der Waals surface area contributed by atoms with Gasteiger partial charge in [0.05, 0.1) is 17.2 Å². The molecule has 1 unspecified atom stereocenters. The number of nitrogens with one attached hydrogen (secondary N) is 1. The summed E-state index contributed by atoms with van der Waals surface area (Å²) in [6.45, 7) is 2.14. The van der Waals surface area contributed by atoms with Gasteiger partial charge in [-0.25, -0.2) is 9.18 Å². The van der Waals surface area contributed by atoms with Crippen LogP contribution in [-0.4, -0.2) is 54.9 Å². The minimum Gasteiger partial charge on any atom is -0.492 e. The van der Waals surface area contributed by atoms with Gasteiger partial charge in [0.15, 0.2) is 0 Å². The molecule has 2 aliphatic heterocycles. The average Bonchev–Trinajstić information content (AvgIpc) is 2.88. The second-order valence-corrected chi connectivity index (χ2v) is 7.81. The number of alkyl halides is 1.